The number of amides is 1. The molecule has 0 saturated heterocycles. The topological polar surface area (TPSA) is 58.4 Å². The van der Waals surface area contributed by atoms with Crippen LogP contribution in [0.5, 0.6) is 0 Å². The first kappa shape index (κ1) is 23.4. The Kier molecular flexibility index (Phi) is 14.5. The van der Waals surface area contributed by atoms with Crippen molar-refractivity contribution in [2.24, 2.45) is 5.73 Å². The summed E-state index contributed by atoms with van der Waals surface area (Å²) in [6.07, 6.45) is 2.75. The second-order valence-electron chi connectivity index (χ2n) is 4.81. The van der Waals surface area contributed by atoms with Gasteiger partial charge in [-0.1, -0.05) is 0 Å². The maximum Gasteiger partial charge on any atom is 0.237 e. The van der Waals surface area contributed by atoms with E-state index in [1.54, 1.807) is 11.8 Å². The molecule has 0 aromatic heterocycles. The number of hydrogen-bond acceptors (Lipinski definition) is 4. The maximum absolute atomic E-state index is 11.7. The molecule has 0 fully saturated rings. The highest BCUT2D eigenvalue weighted by molar-refractivity contribution is 7.98. The first-order chi connectivity index (χ1) is 7.31. The van der Waals surface area contributed by atoms with Gasteiger partial charge < -0.3 is 16.0 Å². The van der Waals surface area contributed by atoms with Crippen LogP contribution in [0.3, 0.4) is 0 Å². The van der Waals surface area contributed by atoms with Crippen LogP contribution in [0.25, 0.3) is 0 Å². The Balaban J connectivity index is -0.00000112. The first-order valence-electron chi connectivity index (χ1n) is 5.51. The van der Waals surface area contributed by atoms with Gasteiger partial charge in [0.15, 0.2) is 0 Å². The van der Waals surface area contributed by atoms with Gasteiger partial charge in [0.2, 0.25) is 5.91 Å². The van der Waals surface area contributed by atoms with Crippen molar-refractivity contribution < 1.29 is 4.79 Å². The highest BCUT2D eigenvalue weighted by Crippen LogP contribution is 2.08. The molecule has 1 atom stereocenters. The number of carbonyl (C=O) groups is 1. The summed E-state index contributed by atoms with van der Waals surface area (Å²) >= 11 is 1.71. The molecule has 0 radical (unpaired) electrons. The molecule has 0 unspecified atom stereocenters. The molecular weight excluding hydrogens is 293 g/mol. The van der Waals surface area contributed by atoms with Gasteiger partial charge in [-0.25, -0.2) is 0 Å². The van der Waals surface area contributed by atoms with Crippen molar-refractivity contribution >= 4 is 42.5 Å². The lowest BCUT2D eigenvalue weighted by molar-refractivity contribution is -0.122. The van der Waals surface area contributed by atoms with E-state index in [2.05, 4.69) is 24.1 Å². The third kappa shape index (κ3) is 9.28. The van der Waals surface area contributed by atoms with E-state index in [1.165, 1.54) is 0 Å². The zero-order chi connectivity index (χ0) is 12.8. The summed E-state index contributed by atoms with van der Waals surface area (Å²) in [5.41, 5.74) is 5.72. The Labute approximate surface area is 128 Å². The van der Waals surface area contributed by atoms with Gasteiger partial charge in [-0.3, -0.25) is 4.79 Å². The number of nitrogens with zero attached hydrogens (tertiary/aromatic N) is 1. The van der Waals surface area contributed by atoms with Crippen LogP contribution in [-0.2, 0) is 4.79 Å². The molecule has 18 heavy (non-hydrogen) atoms. The van der Waals surface area contributed by atoms with Crippen molar-refractivity contribution in [3.8, 4) is 0 Å². The molecule has 3 N–H and O–H groups in total. The van der Waals surface area contributed by atoms with Crippen LogP contribution < -0.4 is 11.1 Å². The highest BCUT2D eigenvalue weighted by Gasteiger charge is 2.22. The van der Waals surface area contributed by atoms with Crippen molar-refractivity contribution in [3.05, 3.63) is 0 Å². The van der Waals surface area contributed by atoms with Gasteiger partial charge in [-0.05, 0) is 46.4 Å². The van der Waals surface area contributed by atoms with Crippen LogP contribution in [0.4, 0.5) is 0 Å². The van der Waals surface area contributed by atoms with Crippen LogP contribution >= 0.6 is 36.6 Å². The zero-order valence-electron chi connectivity index (χ0n) is 11.9. The molecule has 4 nitrogen and oxygen atoms in total. The lowest BCUT2D eigenvalue weighted by atomic mass is 10.0. The predicted molar refractivity (Wildman–Crippen MR) is 86.2 cm³/mol. The van der Waals surface area contributed by atoms with Crippen LogP contribution in [0.15, 0.2) is 0 Å². The van der Waals surface area contributed by atoms with Crippen LogP contribution in [-0.4, -0.2) is 55.0 Å². The zero-order valence-corrected chi connectivity index (χ0v) is 14.3. The fourth-order valence-corrected chi connectivity index (χ4v) is 1.46. The van der Waals surface area contributed by atoms with Crippen molar-refractivity contribution in [1.29, 1.82) is 0 Å². The molecule has 0 aromatic rings. The molecule has 0 aromatic carbocycles. The van der Waals surface area contributed by atoms with E-state index in [4.69, 9.17) is 5.73 Å². The van der Waals surface area contributed by atoms with Gasteiger partial charge in [0, 0.05) is 12.1 Å². The summed E-state index contributed by atoms with van der Waals surface area (Å²) in [4.78, 5) is 13.7. The summed E-state index contributed by atoms with van der Waals surface area (Å²) in [5.74, 6) is 0.870. The first-order valence-corrected chi connectivity index (χ1v) is 6.90. The van der Waals surface area contributed by atoms with E-state index in [-0.39, 0.29) is 42.3 Å². The number of rotatable bonds is 7. The number of likely N-dealkylation sites (N-methyl/N-ethyl adjacent to an activating group) is 1. The van der Waals surface area contributed by atoms with Gasteiger partial charge in [-0.15, -0.1) is 24.8 Å². The second kappa shape index (κ2) is 11.2. The number of nitrogens with one attached hydrogen (secondary N) is 1. The minimum atomic E-state index is -0.384. The Bertz CT molecular complexity index is 228. The fraction of sp³-hybridized carbons (Fsp3) is 0.909. The van der Waals surface area contributed by atoms with Gasteiger partial charge in [0.1, 0.15) is 0 Å². The van der Waals surface area contributed by atoms with E-state index < -0.39 is 0 Å². The Hall–Kier alpha value is 0.320. The van der Waals surface area contributed by atoms with Crippen LogP contribution in [0.2, 0.25) is 0 Å². The van der Waals surface area contributed by atoms with E-state index in [0.717, 1.165) is 12.2 Å². The number of carbonyl (C=O) groups excluding carboxylic acids is 1. The standard InChI is InChI=1S/C11H25N3OS.2ClH/c1-11(2,14(3)4)8-13-10(15)9(12)6-7-16-5;;/h9H,6-8,12H2,1-5H3,(H,13,15);2*1H/t9-;;/m0../s1. The minimum Gasteiger partial charge on any atom is -0.353 e. The number of halogens is 2. The summed E-state index contributed by atoms with van der Waals surface area (Å²) in [5, 5.41) is 2.90. The van der Waals surface area contributed by atoms with Gasteiger partial charge in [-0.2, -0.15) is 11.8 Å². The van der Waals surface area contributed by atoms with Crippen molar-refractivity contribution in [3.63, 3.8) is 0 Å². The monoisotopic (exact) mass is 319 g/mol. The Morgan fingerprint density at radius 1 is 1.39 bits per heavy atom. The number of thioether (sulfide) groups is 1. The van der Waals surface area contributed by atoms with E-state index >= 15 is 0 Å². The van der Waals surface area contributed by atoms with Crippen molar-refractivity contribution in [2.45, 2.75) is 31.8 Å². The lowest BCUT2D eigenvalue weighted by Gasteiger charge is -2.33. The largest absolute Gasteiger partial charge is 0.353 e. The Morgan fingerprint density at radius 2 is 1.89 bits per heavy atom. The normalized spacial score (nSPS) is 12.4. The van der Waals surface area contributed by atoms with Gasteiger partial charge >= 0.3 is 0 Å². The molecular formula is C11H27Cl2N3OS. The molecule has 7 heteroatoms. The molecule has 0 aliphatic carbocycles. The molecule has 0 heterocycles. The minimum absolute atomic E-state index is 0. The fourth-order valence-electron chi connectivity index (χ4n) is 0.969. The number of nitrogens with two attached hydrogens (primary N) is 1. The average Bonchev–Trinajstić information content (AvgIpc) is 2.22. The highest BCUT2D eigenvalue weighted by atomic mass is 35.5. The van der Waals surface area contributed by atoms with Gasteiger partial charge in [0.25, 0.3) is 0 Å². The van der Waals surface area contributed by atoms with Crippen LogP contribution in [0, 0.1) is 0 Å². The Morgan fingerprint density at radius 3 is 2.28 bits per heavy atom. The summed E-state index contributed by atoms with van der Waals surface area (Å²) in [7, 11) is 4.00. The predicted octanol–water partition coefficient (Wildman–Crippen LogP) is 1.37. The van der Waals surface area contributed by atoms with Crippen molar-refractivity contribution in [2.75, 3.05) is 32.6 Å². The van der Waals surface area contributed by atoms with E-state index in [9.17, 15) is 4.79 Å². The third-order valence-electron chi connectivity index (χ3n) is 2.88. The summed E-state index contributed by atoms with van der Waals surface area (Å²) < 4.78 is 0. The van der Waals surface area contributed by atoms with Gasteiger partial charge in [0.05, 0.1) is 6.04 Å². The molecule has 0 bridgehead atoms. The SMILES string of the molecule is CSCC[C@H](N)C(=O)NCC(C)(C)N(C)C.Cl.Cl. The smallest absolute Gasteiger partial charge is 0.237 e. The number of hydrogen-bond donors (Lipinski definition) is 2. The van der Waals surface area contributed by atoms with E-state index in [1.807, 2.05) is 20.4 Å². The second-order valence-corrected chi connectivity index (χ2v) is 5.80. The molecule has 0 aliphatic rings. The van der Waals surface area contributed by atoms with Crippen molar-refractivity contribution in [1.82, 2.24) is 10.2 Å². The lowest BCUT2D eigenvalue weighted by Crippen LogP contribution is -2.51. The molecule has 0 spiro atoms. The summed E-state index contributed by atoms with van der Waals surface area (Å²) in [6.45, 7) is 4.78. The molecule has 112 valence electrons. The third-order valence-corrected chi connectivity index (χ3v) is 3.52. The molecule has 0 saturated carbocycles. The average molecular weight is 320 g/mol. The van der Waals surface area contributed by atoms with Crippen LogP contribution in [0.1, 0.15) is 20.3 Å². The molecule has 1 amide bonds. The molecule has 0 aliphatic heterocycles. The van der Waals surface area contributed by atoms with E-state index in [0.29, 0.717) is 6.54 Å². The quantitative estimate of drug-likeness (QED) is 0.744. The molecule has 0 rings (SSSR count). The summed E-state index contributed by atoms with van der Waals surface area (Å²) in [6, 6.07) is -0.384. The maximum atomic E-state index is 11.7.